The molecule has 8 atom stereocenters. The quantitative estimate of drug-likeness (QED) is 0.0146. The molecule has 0 spiro atoms. The molecule has 14 heteroatoms. The number of ether oxygens (including phenoxy) is 2. The third-order valence-corrected chi connectivity index (χ3v) is 12.6. The summed E-state index contributed by atoms with van der Waals surface area (Å²) in [7, 11) is -5.13. The normalized spacial score (nSPS) is 21.8. The Bertz CT molecular complexity index is 1320. The molecule has 1 rings (SSSR count). The lowest BCUT2D eigenvalue weighted by molar-refractivity contribution is -0.220. The minimum Gasteiger partial charge on any atom is -0.462 e. The van der Waals surface area contributed by atoms with E-state index in [1.54, 1.807) is 0 Å². The molecule has 65 heavy (non-hydrogen) atoms. The first kappa shape index (κ1) is 60.8. The number of unbranched alkanes of at least 4 members (excludes halogenated alkanes) is 22. The van der Waals surface area contributed by atoms with Gasteiger partial charge in [-0.3, -0.25) is 18.6 Å². The van der Waals surface area contributed by atoms with Crippen molar-refractivity contribution < 1.29 is 63.1 Å². The van der Waals surface area contributed by atoms with Crippen molar-refractivity contribution in [2.24, 2.45) is 0 Å². The molecule has 0 aliphatic heterocycles. The van der Waals surface area contributed by atoms with Crippen molar-refractivity contribution in [2.45, 2.75) is 249 Å². The van der Waals surface area contributed by atoms with Gasteiger partial charge < -0.3 is 39.9 Å². The topological polar surface area (TPSA) is 210 Å². The number of hydrogen-bond acceptors (Lipinski definition) is 12. The van der Waals surface area contributed by atoms with E-state index in [2.05, 4.69) is 62.5 Å². The molecule has 0 aromatic rings. The summed E-state index contributed by atoms with van der Waals surface area (Å²) in [5.41, 5.74) is 0. The first-order chi connectivity index (χ1) is 31.4. The van der Waals surface area contributed by atoms with Crippen molar-refractivity contribution in [2.75, 3.05) is 13.2 Å². The lowest BCUT2D eigenvalue weighted by Crippen LogP contribution is -2.64. The zero-order valence-electron chi connectivity index (χ0n) is 40.3. The first-order valence-corrected chi connectivity index (χ1v) is 26.9. The fourth-order valence-electron chi connectivity index (χ4n) is 7.57. The van der Waals surface area contributed by atoms with Crippen molar-refractivity contribution >= 4 is 19.8 Å². The monoisotopic (exact) mass is 943 g/mol. The predicted molar refractivity (Wildman–Crippen MR) is 258 cm³/mol. The van der Waals surface area contributed by atoms with Gasteiger partial charge in [-0.2, -0.15) is 0 Å². The molecule has 1 aliphatic carbocycles. The van der Waals surface area contributed by atoms with Crippen LogP contribution in [-0.4, -0.2) is 98.3 Å². The van der Waals surface area contributed by atoms with E-state index in [1.807, 2.05) is 0 Å². The van der Waals surface area contributed by atoms with Crippen LogP contribution in [0.5, 0.6) is 0 Å². The number of phosphoric ester groups is 1. The SMILES string of the molecule is CCC/C=C/C/C=C/C/C=C/C/C=C/CCCCCC(=O)OC[C@H](COP(=O)(O)OC1C(O)C(O)C(O)[C@@H](O)C1O)OC(=O)CCCCCCCCCCCCCCCCCCCCC. The van der Waals surface area contributed by atoms with Gasteiger partial charge in [-0.05, 0) is 51.4 Å². The Labute approximate surface area is 392 Å². The van der Waals surface area contributed by atoms with Crippen molar-refractivity contribution in [3.8, 4) is 0 Å². The van der Waals surface area contributed by atoms with Crippen molar-refractivity contribution in [1.29, 1.82) is 0 Å². The molecule has 1 fully saturated rings. The van der Waals surface area contributed by atoms with Crippen molar-refractivity contribution in [1.82, 2.24) is 0 Å². The highest BCUT2D eigenvalue weighted by Gasteiger charge is 2.51. The summed E-state index contributed by atoms with van der Waals surface area (Å²) in [6.07, 6.45) is 35.8. The average Bonchev–Trinajstić information content (AvgIpc) is 3.29. The van der Waals surface area contributed by atoms with E-state index in [1.165, 1.54) is 96.3 Å². The lowest BCUT2D eigenvalue weighted by atomic mass is 9.85. The molecule has 0 amide bonds. The van der Waals surface area contributed by atoms with Crippen molar-refractivity contribution in [3.63, 3.8) is 0 Å². The molecular formula is C51H91O13P. The van der Waals surface area contributed by atoms with E-state index in [-0.39, 0.29) is 12.8 Å². The molecule has 0 aromatic carbocycles. The fourth-order valence-corrected chi connectivity index (χ4v) is 8.55. The van der Waals surface area contributed by atoms with Crippen LogP contribution in [-0.2, 0) is 32.7 Å². The average molecular weight is 943 g/mol. The van der Waals surface area contributed by atoms with Gasteiger partial charge in [0.15, 0.2) is 6.10 Å². The van der Waals surface area contributed by atoms with Crippen LogP contribution in [0.15, 0.2) is 48.6 Å². The molecule has 1 aliphatic rings. The second-order valence-electron chi connectivity index (χ2n) is 17.7. The van der Waals surface area contributed by atoms with Crippen LogP contribution >= 0.6 is 7.82 Å². The standard InChI is InChI=1S/C51H91O13P/c1-3-5-7-9-11-13-15-17-19-21-22-24-26-28-30-32-34-36-38-40-45(53)63-43(42-62-65(59,60)64-51-49(57)47(55)46(54)48(56)50(51)58)41-61-44(52)39-37-35-33-31-29-27-25-23-20-18-16-14-12-10-8-6-4-2/h8,10,14,16,20,23,27,29,43,46-51,54-58H,3-7,9,11-13,15,17-19,21-22,24-26,28,30-42H2,1-2H3,(H,59,60)/b10-8+,16-14+,23-20+,29-27+/t43-,46?,47-,48?,49?,50?,51?/m1/s1. The van der Waals surface area contributed by atoms with Crippen LogP contribution in [0.3, 0.4) is 0 Å². The molecule has 0 radical (unpaired) electrons. The Kier molecular flexibility index (Phi) is 38.2. The number of allylic oxidation sites excluding steroid dienone is 8. The van der Waals surface area contributed by atoms with E-state index in [0.717, 1.165) is 70.6 Å². The van der Waals surface area contributed by atoms with E-state index in [0.29, 0.717) is 12.8 Å². The minimum absolute atomic E-state index is 0.0918. The van der Waals surface area contributed by atoms with Crippen LogP contribution in [0.1, 0.15) is 206 Å². The largest absolute Gasteiger partial charge is 0.472 e. The number of carbonyl (C=O) groups excluding carboxylic acids is 2. The molecule has 0 heterocycles. The van der Waals surface area contributed by atoms with E-state index >= 15 is 0 Å². The Hall–Kier alpha value is -2.19. The summed E-state index contributed by atoms with van der Waals surface area (Å²) in [5.74, 6) is -1.13. The number of esters is 2. The third kappa shape index (κ3) is 33.0. The Morgan fingerprint density at radius 3 is 1.32 bits per heavy atom. The fraction of sp³-hybridized carbons (Fsp3) is 0.804. The molecule has 13 nitrogen and oxygen atoms in total. The number of rotatable bonds is 42. The van der Waals surface area contributed by atoms with Crippen molar-refractivity contribution in [3.05, 3.63) is 48.6 Å². The predicted octanol–water partition coefficient (Wildman–Crippen LogP) is 10.7. The van der Waals surface area contributed by atoms with Crippen LogP contribution in [0, 0.1) is 0 Å². The molecular weight excluding hydrogens is 852 g/mol. The molecule has 0 aromatic heterocycles. The summed E-state index contributed by atoms with van der Waals surface area (Å²) in [5, 5.41) is 50.2. The van der Waals surface area contributed by atoms with Gasteiger partial charge in [0, 0.05) is 12.8 Å². The van der Waals surface area contributed by atoms with Crippen LogP contribution in [0.2, 0.25) is 0 Å². The highest BCUT2D eigenvalue weighted by atomic mass is 31.2. The maximum absolute atomic E-state index is 12.8. The van der Waals surface area contributed by atoms with Gasteiger partial charge in [-0.1, -0.05) is 191 Å². The number of aliphatic hydroxyl groups excluding tert-OH is 5. The maximum Gasteiger partial charge on any atom is 0.472 e. The molecule has 0 saturated heterocycles. The summed E-state index contributed by atoms with van der Waals surface area (Å²) < 4.78 is 33.6. The maximum atomic E-state index is 12.8. The van der Waals surface area contributed by atoms with Gasteiger partial charge >= 0.3 is 19.8 Å². The number of hydrogen-bond donors (Lipinski definition) is 6. The highest BCUT2D eigenvalue weighted by molar-refractivity contribution is 7.47. The van der Waals surface area contributed by atoms with Gasteiger partial charge in [0.1, 0.15) is 43.2 Å². The van der Waals surface area contributed by atoms with Gasteiger partial charge in [0.05, 0.1) is 6.61 Å². The third-order valence-electron chi connectivity index (χ3n) is 11.7. The lowest BCUT2D eigenvalue weighted by Gasteiger charge is -2.41. The van der Waals surface area contributed by atoms with Gasteiger partial charge in [0.25, 0.3) is 0 Å². The summed E-state index contributed by atoms with van der Waals surface area (Å²) in [6.45, 7) is 3.23. The van der Waals surface area contributed by atoms with E-state index in [4.69, 9.17) is 18.5 Å². The summed E-state index contributed by atoms with van der Waals surface area (Å²) in [4.78, 5) is 35.8. The number of phosphoric acid groups is 1. The van der Waals surface area contributed by atoms with E-state index < -0.39 is 75.7 Å². The van der Waals surface area contributed by atoms with E-state index in [9.17, 15) is 44.6 Å². The zero-order valence-corrected chi connectivity index (χ0v) is 41.2. The highest BCUT2D eigenvalue weighted by Crippen LogP contribution is 2.47. The Morgan fingerprint density at radius 2 is 0.862 bits per heavy atom. The summed E-state index contributed by atoms with van der Waals surface area (Å²) in [6, 6.07) is 0. The van der Waals surface area contributed by atoms with Gasteiger partial charge in [0.2, 0.25) is 0 Å². The van der Waals surface area contributed by atoms with Gasteiger partial charge in [-0.15, -0.1) is 0 Å². The second-order valence-corrected chi connectivity index (χ2v) is 19.1. The molecule has 0 bridgehead atoms. The van der Waals surface area contributed by atoms with Crippen LogP contribution < -0.4 is 0 Å². The molecule has 378 valence electrons. The molecule has 6 N–H and O–H groups in total. The van der Waals surface area contributed by atoms with Crippen LogP contribution in [0.25, 0.3) is 0 Å². The van der Waals surface area contributed by atoms with Gasteiger partial charge in [-0.25, -0.2) is 4.57 Å². The number of carbonyl (C=O) groups is 2. The Balaban J connectivity index is 2.42. The van der Waals surface area contributed by atoms with Crippen LogP contribution in [0.4, 0.5) is 0 Å². The Morgan fingerprint density at radius 1 is 0.477 bits per heavy atom. The smallest absolute Gasteiger partial charge is 0.462 e. The zero-order chi connectivity index (χ0) is 47.8. The summed E-state index contributed by atoms with van der Waals surface area (Å²) >= 11 is 0. The number of aliphatic hydroxyl groups is 5. The minimum atomic E-state index is -5.13. The molecule has 6 unspecified atom stereocenters. The molecule has 1 saturated carbocycles. The second kappa shape index (κ2) is 40.8. The first-order valence-electron chi connectivity index (χ1n) is 25.4.